The number of aromatic amines is 1. The molecule has 1 aliphatic heterocycles. The van der Waals surface area contributed by atoms with Crippen LogP contribution in [0.5, 0.6) is 0 Å². The van der Waals surface area contributed by atoms with Crippen molar-refractivity contribution < 1.29 is 4.79 Å². The molecule has 1 atom stereocenters. The van der Waals surface area contributed by atoms with Crippen molar-refractivity contribution in [3.63, 3.8) is 0 Å². The number of nitrogens with zero attached hydrogens (tertiary/aromatic N) is 6. The van der Waals surface area contributed by atoms with E-state index in [2.05, 4.69) is 30.4 Å². The third-order valence-electron chi connectivity index (χ3n) is 6.80. The second kappa shape index (κ2) is 8.40. The Bertz CT molecular complexity index is 1330. The fourth-order valence-corrected chi connectivity index (χ4v) is 5.13. The fourth-order valence-electron chi connectivity index (χ4n) is 5.13. The largest absolute Gasteiger partial charge is 0.340 e. The number of fused-ring (bicyclic) bond motifs is 2. The highest BCUT2D eigenvalue weighted by molar-refractivity contribution is 6.09. The molecule has 3 aromatic heterocycles. The lowest BCUT2D eigenvalue weighted by atomic mass is 9.92. The molecular formula is C25H26N8O. The molecule has 1 amide bonds. The van der Waals surface area contributed by atoms with Crippen LogP contribution in [-0.2, 0) is 4.79 Å². The van der Waals surface area contributed by atoms with Gasteiger partial charge in [0.1, 0.15) is 11.7 Å². The van der Waals surface area contributed by atoms with Crippen LogP contribution < -0.4 is 15.1 Å². The van der Waals surface area contributed by atoms with E-state index in [0.29, 0.717) is 11.6 Å². The Kier molecular flexibility index (Phi) is 5.09. The van der Waals surface area contributed by atoms with Gasteiger partial charge in [0.05, 0.1) is 29.8 Å². The van der Waals surface area contributed by atoms with Crippen molar-refractivity contribution in [2.75, 3.05) is 15.1 Å². The maximum atomic E-state index is 13.6. The van der Waals surface area contributed by atoms with E-state index < -0.39 is 0 Å². The van der Waals surface area contributed by atoms with Gasteiger partial charge in [-0.25, -0.2) is 4.98 Å². The molecule has 1 fully saturated rings. The summed E-state index contributed by atoms with van der Waals surface area (Å²) in [5.41, 5.74) is 3.26. The smallest absolute Gasteiger partial charge is 0.254 e. The Morgan fingerprint density at radius 1 is 1.09 bits per heavy atom. The summed E-state index contributed by atoms with van der Waals surface area (Å²) in [6.07, 6.45) is 12.7. The van der Waals surface area contributed by atoms with E-state index in [1.807, 2.05) is 37.3 Å². The van der Waals surface area contributed by atoms with Crippen LogP contribution in [0.2, 0.25) is 0 Å². The molecule has 0 saturated heterocycles. The Hall–Kier alpha value is -4.01. The molecule has 9 nitrogen and oxygen atoms in total. The van der Waals surface area contributed by atoms with Gasteiger partial charge in [0.25, 0.3) is 5.91 Å². The quantitative estimate of drug-likeness (QED) is 0.461. The zero-order chi connectivity index (χ0) is 23.1. The molecule has 0 spiro atoms. The first-order chi connectivity index (χ1) is 16.7. The van der Waals surface area contributed by atoms with E-state index in [0.717, 1.165) is 40.9 Å². The molecule has 2 N–H and O–H groups in total. The first-order valence-electron chi connectivity index (χ1n) is 11.8. The highest BCUT2D eigenvalue weighted by Gasteiger charge is 2.41. The highest BCUT2D eigenvalue weighted by Crippen LogP contribution is 2.42. The Labute approximate surface area is 197 Å². The fraction of sp³-hybridized carbons (Fsp3) is 0.320. The van der Waals surface area contributed by atoms with Gasteiger partial charge in [-0.2, -0.15) is 10.1 Å². The van der Waals surface area contributed by atoms with Crippen LogP contribution in [0.25, 0.3) is 10.9 Å². The van der Waals surface area contributed by atoms with Gasteiger partial charge in [-0.3, -0.25) is 19.8 Å². The number of nitrogens with one attached hydrogen (secondary N) is 2. The predicted octanol–water partition coefficient (Wildman–Crippen LogP) is 4.70. The molecule has 4 aromatic rings. The van der Waals surface area contributed by atoms with Crippen LogP contribution in [0.15, 0.2) is 55.1 Å². The van der Waals surface area contributed by atoms with Crippen LogP contribution in [0.3, 0.4) is 0 Å². The van der Waals surface area contributed by atoms with E-state index in [1.54, 1.807) is 29.7 Å². The van der Waals surface area contributed by atoms with E-state index in [4.69, 9.17) is 4.98 Å². The minimum absolute atomic E-state index is 0.0146. The minimum atomic E-state index is -0.333. The predicted molar refractivity (Wildman–Crippen MR) is 132 cm³/mol. The van der Waals surface area contributed by atoms with Gasteiger partial charge in [-0.05, 0) is 50.1 Å². The van der Waals surface area contributed by atoms with Crippen LogP contribution in [-0.4, -0.2) is 43.1 Å². The van der Waals surface area contributed by atoms with Crippen molar-refractivity contribution in [3.05, 3.63) is 55.1 Å². The van der Waals surface area contributed by atoms with Crippen LogP contribution >= 0.6 is 0 Å². The zero-order valence-electron chi connectivity index (χ0n) is 19.0. The molecule has 172 valence electrons. The summed E-state index contributed by atoms with van der Waals surface area (Å²) in [6.45, 7) is 1.98. The Morgan fingerprint density at radius 3 is 2.79 bits per heavy atom. The lowest BCUT2D eigenvalue weighted by Gasteiger charge is -2.45. The number of pyridine rings is 1. The summed E-state index contributed by atoms with van der Waals surface area (Å²) in [5.74, 6) is 1.29. The topological polar surface area (TPSA) is 103 Å². The molecule has 2 aliphatic rings. The van der Waals surface area contributed by atoms with Crippen molar-refractivity contribution >= 4 is 45.6 Å². The molecule has 34 heavy (non-hydrogen) atoms. The van der Waals surface area contributed by atoms with Crippen LogP contribution in [0.1, 0.15) is 39.0 Å². The lowest BCUT2D eigenvalue weighted by Crippen LogP contribution is -2.55. The molecule has 9 heteroatoms. The SMILES string of the molecule is C[C@@H]1C(=O)N(c2cccnc2)c2cnc(Nc3ccc4[nH]ncc4c3)nc2N1C1CCCCC1. The molecule has 1 aromatic carbocycles. The summed E-state index contributed by atoms with van der Waals surface area (Å²) in [7, 11) is 0. The lowest BCUT2D eigenvalue weighted by molar-refractivity contribution is -0.119. The number of carbonyl (C=O) groups is 1. The van der Waals surface area contributed by atoms with Gasteiger partial charge >= 0.3 is 0 Å². The van der Waals surface area contributed by atoms with Crippen molar-refractivity contribution in [3.8, 4) is 0 Å². The summed E-state index contributed by atoms with van der Waals surface area (Å²) < 4.78 is 0. The van der Waals surface area contributed by atoms with Gasteiger partial charge in [0, 0.05) is 23.3 Å². The molecule has 1 aliphatic carbocycles. The molecule has 6 rings (SSSR count). The van der Waals surface area contributed by atoms with E-state index in [9.17, 15) is 4.79 Å². The minimum Gasteiger partial charge on any atom is -0.340 e. The molecule has 1 saturated carbocycles. The monoisotopic (exact) mass is 454 g/mol. The van der Waals surface area contributed by atoms with Crippen LogP contribution in [0.4, 0.5) is 28.8 Å². The van der Waals surface area contributed by atoms with Crippen molar-refractivity contribution in [2.45, 2.75) is 51.1 Å². The summed E-state index contributed by atoms with van der Waals surface area (Å²) in [6, 6.07) is 9.63. The molecule has 0 bridgehead atoms. The van der Waals surface area contributed by atoms with Crippen molar-refractivity contribution in [2.24, 2.45) is 0 Å². The van der Waals surface area contributed by atoms with Crippen LogP contribution in [0, 0.1) is 0 Å². The molecule has 0 radical (unpaired) electrons. The Morgan fingerprint density at radius 2 is 1.97 bits per heavy atom. The number of carbonyl (C=O) groups excluding carboxylic acids is 1. The molecule has 4 heterocycles. The normalized spacial score (nSPS) is 18.9. The average Bonchev–Trinajstić information content (AvgIpc) is 3.34. The molecule has 0 unspecified atom stereocenters. The number of rotatable bonds is 4. The third-order valence-corrected chi connectivity index (χ3v) is 6.80. The van der Waals surface area contributed by atoms with Crippen molar-refractivity contribution in [1.82, 2.24) is 25.1 Å². The number of hydrogen-bond donors (Lipinski definition) is 2. The first-order valence-corrected chi connectivity index (χ1v) is 11.8. The van der Waals surface area contributed by atoms with Gasteiger partial charge < -0.3 is 10.2 Å². The number of benzene rings is 1. The van der Waals surface area contributed by atoms with Gasteiger partial charge in [-0.1, -0.05) is 19.3 Å². The number of H-pyrrole nitrogens is 1. The third kappa shape index (κ3) is 3.53. The van der Waals surface area contributed by atoms with Gasteiger partial charge in [-0.15, -0.1) is 0 Å². The zero-order valence-corrected chi connectivity index (χ0v) is 19.0. The summed E-state index contributed by atoms with van der Waals surface area (Å²) in [4.78, 5) is 31.3. The maximum Gasteiger partial charge on any atom is 0.254 e. The second-order valence-corrected chi connectivity index (χ2v) is 8.96. The standard InChI is InChI=1S/C25H26N8O/c1-16-24(34)33(20-8-5-11-26-14-20)22-15-27-25(29-18-9-10-21-17(12-18)13-28-31-21)30-23(22)32(16)19-6-3-2-4-7-19/h5,8-16,19H,2-4,6-7H2,1H3,(H,28,31)(H,27,29,30)/t16-/m1/s1. The van der Waals surface area contributed by atoms with Crippen molar-refractivity contribution in [1.29, 1.82) is 0 Å². The number of anilines is 5. The first kappa shape index (κ1) is 20.6. The van der Waals surface area contributed by atoms with Gasteiger partial charge in [0.2, 0.25) is 5.95 Å². The summed E-state index contributed by atoms with van der Waals surface area (Å²) >= 11 is 0. The van der Waals surface area contributed by atoms with Gasteiger partial charge in [0.15, 0.2) is 5.82 Å². The van der Waals surface area contributed by atoms with E-state index in [-0.39, 0.29) is 18.0 Å². The Balaban J connectivity index is 1.43. The number of aromatic nitrogens is 5. The summed E-state index contributed by atoms with van der Waals surface area (Å²) in [5, 5.41) is 11.4. The van der Waals surface area contributed by atoms with E-state index in [1.165, 1.54) is 19.3 Å². The maximum absolute atomic E-state index is 13.6. The van der Waals surface area contributed by atoms with E-state index >= 15 is 0 Å². The molecular weight excluding hydrogens is 428 g/mol. The number of hydrogen-bond acceptors (Lipinski definition) is 7. The second-order valence-electron chi connectivity index (χ2n) is 8.96. The average molecular weight is 455 g/mol. The highest BCUT2D eigenvalue weighted by atomic mass is 16.2. The number of amides is 1.